The number of pyridine rings is 2. The molecule has 4 aromatic rings. The summed E-state index contributed by atoms with van der Waals surface area (Å²) >= 11 is 0. The third kappa shape index (κ3) is 3.37. The molecule has 0 radical (unpaired) electrons. The molecule has 0 aliphatic carbocycles. The van der Waals surface area contributed by atoms with Crippen LogP contribution in [0.2, 0.25) is 0 Å². The third-order valence-corrected chi connectivity index (χ3v) is 4.37. The van der Waals surface area contributed by atoms with Crippen molar-refractivity contribution < 1.29 is 10.2 Å². The lowest BCUT2D eigenvalue weighted by atomic mass is 10.1. The maximum atomic E-state index is 10.2. The smallest absolute Gasteiger partial charge is 0.125 e. The Hall–Kier alpha value is -3.66. The summed E-state index contributed by atoms with van der Waals surface area (Å²) in [6.07, 6.45) is 0. The first-order chi connectivity index (χ1) is 13.1. The second-order valence-electron chi connectivity index (χ2n) is 6.35. The monoisotopic (exact) mass is 354 g/mol. The summed E-state index contributed by atoms with van der Waals surface area (Å²) in [5.41, 5.74) is 5.10. The number of aromatic hydroxyl groups is 2. The van der Waals surface area contributed by atoms with Crippen molar-refractivity contribution >= 4 is 0 Å². The number of para-hydroxylation sites is 1. The van der Waals surface area contributed by atoms with E-state index in [9.17, 15) is 10.2 Å². The Morgan fingerprint density at radius 3 is 1.70 bits per heavy atom. The van der Waals surface area contributed by atoms with Crippen molar-refractivity contribution in [2.24, 2.45) is 0 Å². The standard InChI is InChI=1S/C23H18N2O2/c1-15-12-13-17(23(27)14-15)19-8-5-10-21(25-19)20-9-4-7-18(24-20)16-6-2-3-11-22(16)26/h2-14,26-27H,1H3. The van der Waals surface area contributed by atoms with Crippen LogP contribution in [0.5, 0.6) is 11.5 Å². The minimum absolute atomic E-state index is 0.188. The lowest BCUT2D eigenvalue weighted by Crippen LogP contribution is -1.92. The van der Waals surface area contributed by atoms with Gasteiger partial charge in [0.2, 0.25) is 0 Å². The zero-order valence-electron chi connectivity index (χ0n) is 14.8. The van der Waals surface area contributed by atoms with Gasteiger partial charge in [-0.15, -0.1) is 0 Å². The van der Waals surface area contributed by atoms with E-state index in [1.54, 1.807) is 18.2 Å². The summed E-state index contributed by atoms with van der Waals surface area (Å²) in [6.45, 7) is 1.93. The van der Waals surface area contributed by atoms with Gasteiger partial charge in [-0.25, -0.2) is 9.97 Å². The van der Waals surface area contributed by atoms with E-state index in [1.165, 1.54) is 0 Å². The van der Waals surface area contributed by atoms with Crippen LogP contribution in [0.15, 0.2) is 78.9 Å². The number of hydrogen-bond acceptors (Lipinski definition) is 4. The molecule has 2 aromatic heterocycles. The summed E-state index contributed by atoms with van der Waals surface area (Å²) in [5, 5.41) is 20.3. The van der Waals surface area contributed by atoms with Crippen LogP contribution in [-0.2, 0) is 0 Å². The fourth-order valence-electron chi connectivity index (χ4n) is 3.00. The zero-order chi connectivity index (χ0) is 18.8. The second kappa shape index (κ2) is 6.92. The van der Waals surface area contributed by atoms with Crippen LogP contribution in [0.3, 0.4) is 0 Å². The maximum absolute atomic E-state index is 10.2. The highest BCUT2D eigenvalue weighted by Crippen LogP contribution is 2.31. The molecule has 0 saturated heterocycles. The number of hydrogen-bond donors (Lipinski definition) is 2. The molecule has 0 aliphatic rings. The van der Waals surface area contributed by atoms with Gasteiger partial charge in [0.25, 0.3) is 0 Å². The van der Waals surface area contributed by atoms with Gasteiger partial charge in [0, 0.05) is 11.1 Å². The van der Waals surface area contributed by atoms with Crippen LogP contribution in [-0.4, -0.2) is 20.2 Å². The second-order valence-corrected chi connectivity index (χ2v) is 6.35. The van der Waals surface area contributed by atoms with Gasteiger partial charge in [-0.05, 0) is 61.0 Å². The van der Waals surface area contributed by atoms with Crippen molar-refractivity contribution in [3.05, 3.63) is 84.4 Å². The van der Waals surface area contributed by atoms with E-state index >= 15 is 0 Å². The number of phenols is 2. The lowest BCUT2D eigenvalue weighted by Gasteiger charge is -2.09. The Morgan fingerprint density at radius 1 is 0.556 bits per heavy atom. The quantitative estimate of drug-likeness (QED) is 0.531. The predicted octanol–water partition coefficient (Wildman–Crippen LogP) is 5.20. The van der Waals surface area contributed by atoms with Gasteiger partial charge >= 0.3 is 0 Å². The molecule has 0 saturated carbocycles. The van der Waals surface area contributed by atoms with Gasteiger partial charge in [-0.3, -0.25) is 0 Å². The van der Waals surface area contributed by atoms with Crippen molar-refractivity contribution in [3.63, 3.8) is 0 Å². The van der Waals surface area contributed by atoms with Gasteiger partial charge in [0.1, 0.15) is 11.5 Å². The van der Waals surface area contributed by atoms with Gasteiger partial charge in [0.05, 0.1) is 22.8 Å². The highest BCUT2D eigenvalue weighted by atomic mass is 16.3. The van der Waals surface area contributed by atoms with Gasteiger partial charge in [0.15, 0.2) is 0 Å². The summed E-state index contributed by atoms with van der Waals surface area (Å²) in [6, 6.07) is 23.9. The molecule has 0 spiro atoms. The zero-order valence-corrected chi connectivity index (χ0v) is 14.8. The minimum atomic E-state index is 0.188. The summed E-state index contributed by atoms with van der Waals surface area (Å²) < 4.78 is 0. The van der Waals surface area contributed by atoms with E-state index in [2.05, 4.69) is 9.97 Å². The molecule has 0 unspecified atom stereocenters. The SMILES string of the molecule is Cc1ccc(-c2cccc(-c3cccc(-c4ccccc4O)n3)n2)c(O)c1. The van der Waals surface area contributed by atoms with Crippen LogP contribution in [0.25, 0.3) is 33.9 Å². The molecule has 2 aromatic carbocycles. The number of rotatable bonds is 3. The van der Waals surface area contributed by atoms with Crippen molar-refractivity contribution in [2.75, 3.05) is 0 Å². The Bertz CT molecular complexity index is 1120. The van der Waals surface area contributed by atoms with Gasteiger partial charge in [-0.2, -0.15) is 0 Å². The fourth-order valence-corrected chi connectivity index (χ4v) is 3.00. The van der Waals surface area contributed by atoms with E-state index < -0.39 is 0 Å². The molecule has 0 bridgehead atoms. The molecule has 132 valence electrons. The van der Waals surface area contributed by atoms with Crippen molar-refractivity contribution in [1.29, 1.82) is 0 Å². The van der Waals surface area contributed by atoms with E-state index in [1.807, 2.05) is 67.6 Å². The first-order valence-corrected chi connectivity index (χ1v) is 8.65. The molecule has 4 nitrogen and oxygen atoms in total. The Kier molecular flexibility index (Phi) is 4.30. The van der Waals surface area contributed by atoms with E-state index in [0.717, 1.165) is 5.56 Å². The molecular weight excluding hydrogens is 336 g/mol. The van der Waals surface area contributed by atoms with Gasteiger partial charge < -0.3 is 10.2 Å². The first-order valence-electron chi connectivity index (χ1n) is 8.65. The molecule has 4 heteroatoms. The molecular formula is C23H18N2O2. The minimum Gasteiger partial charge on any atom is -0.507 e. The lowest BCUT2D eigenvalue weighted by molar-refractivity contribution is 0.476. The molecule has 2 heterocycles. The third-order valence-electron chi connectivity index (χ3n) is 4.37. The van der Waals surface area contributed by atoms with Crippen LogP contribution >= 0.6 is 0 Å². The van der Waals surface area contributed by atoms with Crippen LogP contribution < -0.4 is 0 Å². The van der Waals surface area contributed by atoms with Gasteiger partial charge in [-0.1, -0.05) is 30.3 Å². The van der Waals surface area contributed by atoms with Crippen molar-refractivity contribution in [3.8, 4) is 45.4 Å². The average Bonchev–Trinajstić information content (AvgIpc) is 2.68. The topological polar surface area (TPSA) is 66.2 Å². The largest absolute Gasteiger partial charge is 0.507 e. The highest BCUT2D eigenvalue weighted by molar-refractivity contribution is 5.72. The van der Waals surface area contributed by atoms with E-state index in [0.29, 0.717) is 33.9 Å². The summed E-state index contributed by atoms with van der Waals surface area (Å²) in [4.78, 5) is 9.34. The molecule has 27 heavy (non-hydrogen) atoms. The van der Waals surface area contributed by atoms with Crippen LogP contribution in [0.4, 0.5) is 0 Å². The van der Waals surface area contributed by atoms with Crippen molar-refractivity contribution in [1.82, 2.24) is 9.97 Å². The Balaban J connectivity index is 1.77. The van der Waals surface area contributed by atoms with Crippen molar-refractivity contribution in [2.45, 2.75) is 6.92 Å². The summed E-state index contributed by atoms with van der Waals surface area (Å²) in [5.74, 6) is 0.393. The van der Waals surface area contributed by atoms with E-state index in [-0.39, 0.29) is 11.5 Å². The number of aryl methyl sites for hydroxylation is 1. The number of aromatic nitrogens is 2. The molecule has 4 rings (SSSR count). The molecule has 0 aliphatic heterocycles. The highest BCUT2D eigenvalue weighted by Gasteiger charge is 2.10. The molecule has 0 atom stereocenters. The average molecular weight is 354 g/mol. The number of nitrogens with zero attached hydrogens (tertiary/aromatic N) is 2. The number of phenolic OH excluding ortho intramolecular Hbond substituents is 2. The molecule has 0 amide bonds. The first kappa shape index (κ1) is 16.8. The summed E-state index contributed by atoms with van der Waals surface area (Å²) in [7, 11) is 0. The van der Waals surface area contributed by atoms with Crippen LogP contribution in [0.1, 0.15) is 5.56 Å². The van der Waals surface area contributed by atoms with Crippen LogP contribution in [0, 0.1) is 6.92 Å². The Morgan fingerprint density at radius 2 is 1.11 bits per heavy atom. The molecule has 2 N–H and O–H groups in total. The number of benzene rings is 2. The predicted molar refractivity (Wildman–Crippen MR) is 106 cm³/mol. The molecule has 0 fully saturated rings. The Labute approximate surface area is 157 Å². The normalized spacial score (nSPS) is 10.7. The fraction of sp³-hybridized carbons (Fsp3) is 0.0435. The maximum Gasteiger partial charge on any atom is 0.125 e. The van der Waals surface area contributed by atoms with E-state index in [4.69, 9.17) is 0 Å².